The number of hydrogen-bond acceptors (Lipinski definition) is 5. The number of carbonyl (C=O) groups is 3. The van der Waals surface area contributed by atoms with Gasteiger partial charge < -0.3 is 20.1 Å². The Labute approximate surface area is 129 Å². The average Bonchev–Trinajstić information content (AvgIpc) is 2.51. The van der Waals surface area contributed by atoms with E-state index in [1.54, 1.807) is 0 Å². The lowest BCUT2D eigenvalue weighted by Crippen LogP contribution is -2.38. The molecule has 2 N–H and O–H groups in total. The van der Waals surface area contributed by atoms with Gasteiger partial charge in [-0.15, -0.1) is 0 Å². The van der Waals surface area contributed by atoms with Crippen molar-refractivity contribution in [1.82, 2.24) is 10.6 Å². The second-order valence-electron chi connectivity index (χ2n) is 4.49. The summed E-state index contributed by atoms with van der Waals surface area (Å²) in [4.78, 5) is 33.9. The van der Waals surface area contributed by atoms with E-state index in [2.05, 4.69) is 10.6 Å². The molecule has 1 rings (SSSR count). The molecule has 0 spiro atoms. The van der Waals surface area contributed by atoms with Crippen LogP contribution < -0.4 is 10.6 Å². The van der Waals surface area contributed by atoms with Crippen molar-refractivity contribution >= 4 is 18.0 Å². The summed E-state index contributed by atoms with van der Waals surface area (Å²) < 4.78 is 9.89. The third kappa shape index (κ3) is 6.74. The van der Waals surface area contributed by atoms with Crippen LogP contribution in [-0.2, 0) is 25.7 Å². The number of hydrogen-bond donors (Lipinski definition) is 2. The van der Waals surface area contributed by atoms with Gasteiger partial charge in [0.15, 0.2) is 6.10 Å². The standard InChI is InChI=1S/C15H20N2O5/c1-11(18)22-13(14(19)16-2)8-9-17-15(20)21-10-12-6-4-3-5-7-12/h3-7,13H,8-10H2,1-2H3,(H,16,19)(H,17,20)/t13-/m0/s1. The summed E-state index contributed by atoms with van der Waals surface area (Å²) in [5.74, 6) is -0.977. The Balaban J connectivity index is 2.30. The second kappa shape index (κ2) is 9.38. The van der Waals surface area contributed by atoms with Crippen LogP contribution in [0.4, 0.5) is 4.79 Å². The molecule has 7 heteroatoms. The molecule has 120 valence electrons. The van der Waals surface area contributed by atoms with Crippen LogP contribution in [0, 0.1) is 0 Å². The summed E-state index contributed by atoms with van der Waals surface area (Å²) >= 11 is 0. The van der Waals surface area contributed by atoms with Crippen LogP contribution in [0.1, 0.15) is 18.9 Å². The number of esters is 1. The SMILES string of the molecule is CNC(=O)[C@H](CCNC(=O)OCc1ccccc1)OC(C)=O. The van der Waals surface area contributed by atoms with Crippen LogP contribution in [0.25, 0.3) is 0 Å². The molecule has 1 aromatic carbocycles. The van der Waals surface area contributed by atoms with Gasteiger partial charge in [-0.05, 0) is 5.56 Å². The Morgan fingerprint density at radius 1 is 1.18 bits per heavy atom. The first-order valence-corrected chi connectivity index (χ1v) is 6.86. The van der Waals surface area contributed by atoms with Gasteiger partial charge in [0.05, 0.1) is 0 Å². The number of benzene rings is 1. The number of likely N-dealkylation sites (N-methyl/N-ethyl adjacent to an activating group) is 1. The van der Waals surface area contributed by atoms with Crippen LogP contribution in [0.2, 0.25) is 0 Å². The average molecular weight is 308 g/mol. The van der Waals surface area contributed by atoms with Crippen molar-refractivity contribution in [3.05, 3.63) is 35.9 Å². The largest absolute Gasteiger partial charge is 0.452 e. The van der Waals surface area contributed by atoms with E-state index in [4.69, 9.17) is 9.47 Å². The van der Waals surface area contributed by atoms with Gasteiger partial charge in [0.2, 0.25) is 0 Å². The highest BCUT2D eigenvalue weighted by atomic mass is 16.6. The molecule has 0 radical (unpaired) electrons. The fraction of sp³-hybridized carbons (Fsp3) is 0.400. The van der Waals surface area contributed by atoms with Crippen LogP contribution in [0.15, 0.2) is 30.3 Å². The molecule has 1 atom stereocenters. The third-order valence-corrected chi connectivity index (χ3v) is 2.74. The lowest BCUT2D eigenvalue weighted by Gasteiger charge is -2.15. The van der Waals surface area contributed by atoms with E-state index >= 15 is 0 Å². The molecule has 0 aliphatic rings. The molecule has 0 bridgehead atoms. The summed E-state index contributed by atoms with van der Waals surface area (Å²) in [7, 11) is 1.44. The minimum absolute atomic E-state index is 0.152. The van der Waals surface area contributed by atoms with Crippen molar-refractivity contribution in [3.63, 3.8) is 0 Å². The topological polar surface area (TPSA) is 93.7 Å². The first kappa shape index (κ1) is 17.5. The number of amides is 2. The molecule has 2 amide bonds. The summed E-state index contributed by atoms with van der Waals surface area (Å²) in [6.07, 6.45) is -1.36. The zero-order valence-corrected chi connectivity index (χ0v) is 12.6. The first-order chi connectivity index (χ1) is 10.5. The van der Waals surface area contributed by atoms with E-state index in [-0.39, 0.29) is 19.6 Å². The number of carbonyl (C=O) groups excluding carboxylic acids is 3. The molecule has 1 aromatic rings. The van der Waals surface area contributed by atoms with Crippen molar-refractivity contribution in [2.45, 2.75) is 26.1 Å². The Morgan fingerprint density at radius 2 is 1.86 bits per heavy atom. The maximum Gasteiger partial charge on any atom is 0.407 e. The van der Waals surface area contributed by atoms with Gasteiger partial charge in [-0.25, -0.2) is 4.79 Å². The van der Waals surface area contributed by atoms with Gasteiger partial charge >= 0.3 is 12.1 Å². The fourth-order valence-corrected chi connectivity index (χ4v) is 1.68. The Kier molecular flexibility index (Phi) is 7.45. The number of ether oxygens (including phenoxy) is 2. The van der Waals surface area contributed by atoms with Crippen molar-refractivity contribution in [2.75, 3.05) is 13.6 Å². The molecule has 0 saturated heterocycles. The number of nitrogens with one attached hydrogen (secondary N) is 2. The number of rotatable bonds is 7. The Hall–Kier alpha value is -2.57. The Morgan fingerprint density at radius 3 is 2.45 bits per heavy atom. The predicted molar refractivity (Wildman–Crippen MR) is 78.9 cm³/mol. The van der Waals surface area contributed by atoms with Crippen LogP contribution in [0.3, 0.4) is 0 Å². The monoisotopic (exact) mass is 308 g/mol. The quantitative estimate of drug-likeness (QED) is 0.732. The van der Waals surface area contributed by atoms with Gasteiger partial charge in [-0.3, -0.25) is 9.59 Å². The van der Waals surface area contributed by atoms with Crippen molar-refractivity contribution in [2.24, 2.45) is 0 Å². The zero-order valence-electron chi connectivity index (χ0n) is 12.6. The van der Waals surface area contributed by atoms with E-state index in [0.717, 1.165) is 5.56 Å². The smallest absolute Gasteiger partial charge is 0.407 e. The van der Waals surface area contributed by atoms with Gasteiger partial charge in [0, 0.05) is 26.9 Å². The molecule has 0 saturated carbocycles. The summed E-state index contributed by atoms with van der Waals surface area (Å²) in [6.45, 7) is 1.53. The maximum atomic E-state index is 11.5. The van der Waals surface area contributed by atoms with Gasteiger partial charge in [-0.2, -0.15) is 0 Å². The van der Waals surface area contributed by atoms with E-state index in [0.29, 0.717) is 0 Å². The van der Waals surface area contributed by atoms with Crippen molar-refractivity contribution < 1.29 is 23.9 Å². The maximum absolute atomic E-state index is 11.5. The van der Waals surface area contributed by atoms with E-state index < -0.39 is 24.1 Å². The fourth-order valence-electron chi connectivity index (χ4n) is 1.68. The third-order valence-electron chi connectivity index (χ3n) is 2.74. The van der Waals surface area contributed by atoms with Crippen LogP contribution in [-0.4, -0.2) is 37.7 Å². The van der Waals surface area contributed by atoms with Gasteiger partial charge in [-0.1, -0.05) is 30.3 Å². The molecular weight excluding hydrogens is 288 g/mol. The second-order valence-corrected chi connectivity index (χ2v) is 4.49. The summed E-state index contributed by atoms with van der Waals surface area (Å²) in [6, 6.07) is 9.26. The molecule has 0 fully saturated rings. The minimum Gasteiger partial charge on any atom is -0.452 e. The molecule has 0 aliphatic carbocycles. The van der Waals surface area contributed by atoms with Crippen LogP contribution >= 0.6 is 0 Å². The molecular formula is C15H20N2O5. The van der Waals surface area contributed by atoms with E-state index in [1.807, 2.05) is 30.3 Å². The highest BCUT2D eigenvalue weighted by molar-refractivity contribution is 5.83. The molecule has 22 heavy (non-hydrogen) atoms. The minimum atomic E-state index is -0.933. The number of alkyl carbamates (subject to hydrolysis) is 1. The first-order valence-electron chi connectivity index (χ1n) is 6.86. The van der Waals surface area contributed by atoms with Gasteiger partial charge in [0.1, 0.15) is 6.61 Å². The highest BCUT2D eigenvalue weighted by Crippen LogP contribution is 2.01. The lowest BCUT2D eigenvalue weighted by atomic mass is 10.2. The van der Waals surface area contributed by atoms with Crippen molar-refractivity contribution in [1.29, 1.82) is 0 Å². The van der Waals surface area contributed by atoms with Gasteiger partial charge in [0.25, 0.3) is 5.91 Å². The van der Waals surface area contributed by atoms with Crippen molar-refractivity contribution in [3.8, 4) is 0 Å². The van der Waals surface area contributed by atoms with E-state index in [1.165, 1.54) is 14.0 Å². The molecule has 0 heterocycles. The molecule has 0 aromatic heterocycles. The molecule has 0 unspecified atom stereocenters. The Bertz CT molecular complexity index is 504. The summed E-state index contributed by atoms with van der Waals surface area (Å²) in [5, 5.41) is 4.90. The highest BCUT2D eigenvalue weighted by Gasteiger charge is 2.20. The van der Waals surface area contributed by atoms with Crippen LogP contribution in [0.5, 0.6) is 0 Å². The summed E-state index contributed by atoms with van der Waals surface area (Å²) in [5.41, 5.74) is 0.876. The molecule has 7 nitrogen and oxygen atoms in total. The van der Waals surface area contributed by atoms with E-state index in [9.17, 15) is 14.4 Å². The molecule has 0 aliphatic heterocycles. The predicted octanol–water partition coefficient (Wildman–Crippen LogP) is 0.981. The zero-order chi connectivity index (χ0) is 16.4. The lowest BCUT2D eigenvalue weighted by molar-refractivity contribution is -0.153. The normalized spacial score (nSPS) is 11.2.